The highest BCUT2D eigenvalue weighted by molar-refractivity contribution is 6.29. The number of rotatable bonds is 3. The molecular weight excluding hydrogens is 375 g/mol. The molecule has 0 unspecified atom stereocenters. The van der Waals surface area contributed by atoms with Crippen LogP contribution in [0.1, 0.15) is 26.3 Å². The topological polar surface area (TPSA) is 97.2 Å². The van der Waals surface area contributed by atoms with Crippen molar-refractivity contribution in [2.45, 2.75) is 26.2 Å². The summed E-state index contributed by atoms with van der Waals surface area (Å²) in [5, 5.41) is 10.9. The van der Waals surface area contributed by atoms with Gasteiger partial charge in [0.25, 0.3) is 0 Å². The van der Waals surface area contributed by atoms with Crippen LogP contribution in [-0.4, -0.2) is 26.2 Å². The minimum atomic E-state index is -1.36. The van der Waals surface area contributed by atoms with Crippen LogP contribution < -0.4 is 10.1 Å². The summed E-state index contributed by atoms with van der Waals surface area (Å²) in [5.74, 6) is -0.237. The molecule has 27 heavy (non-hydrogen) atoms. The van der Waals surface area contributed by atoms with Crippen molar-refractivity contribution in [1.82, 2.24) is 15.0 Å². The molecule has 0 spiro atoms. The van der Waals surface area contributed by atoms with E-state index in [0.717, 1.165) is 11.6 Å². The van der Waals surface area contributed by atoms with Crippen molar-refractivity contribution in [3.8, 4) is 11.5 Å². The number of aromatic nitrogens is 3. The largest absolute Gasteiger partial charge is 0.465 e. The number of fused-ring (bicyclic) bond motifs is 1. The van der Waals surface area contributed by atoms with Gasteiger partial charge >= 0.3 is 6.09 Å². The molecule has 7 nitrogen and oxygen atoms in total. The molecule has 0 aliphatic rings. The van der Waals surface area contributed by atoms with Crippen LogP contribution in [0.4, 0.5) is 14.9 Å². The van der Waals surface area contributed by atoms with Gasteiger partial charge in [0, 0.05) is 17.8 Å². The Hall–Kier alpha value is -3.00. The summed E-state index contributed by atoms with van der Waals surface area (Å²) in [7, 11) is 0. The van der Waals surface area contributed by atoms with Crippen molar-refractivity contribution in [2.24, 2.45) is 0 Å². The molecule has 0 aliphatic carbocycles. The number of ether oxygens (including phenoxy) is 1. The maximum absolute atomic E-state index is 14.2. The molecule has 2 aromatic heterocycles. The molecule has 1 amide bonds. The van der Waals surface area contributed by atoms with Gasteiger partial charge in [0.05, 0.1) is 11.9 Å². The fraction of sp³-hybridized carbons (Fsp3) is 0.222. The predicted octanol–water partition coefficient (Wildman–Crippen LogP) is 5.00. The van der Waals surface area contributed by atoms with E-state index in [1.54, 1.807) is 6.20 Å². The first kappa shape index (κ1) is 18.8. The second-order valence-corrected chi connectivity index (χ2v) is 7.18. The number of nitrogens with zero attached hydrogens (tertiary/aromatic N) is 3. The summed E-state index contributed by atoms with van der Waals surface area (Å²) >= 11 is 5.97. The molecule has 0 atom stereocenters. The molecular formula is C18H16ClFN4O3. The van der Waals surface area contributed by atoms with Gasteiger partial charge in [0.2, 0.25) is 0 Å². The Morgan fingerprint density at radius 1 is 1.26 bits per heavy atom. The first-order valence-corrected chi connectivity index (χ1v) is 8.32. The highest BCUT2D eigenvalue weighted by Gasteiger charge is 2.24. The average Bonchev–Trinajstić information content (AvgIpc) is 2.56. The Morgan fingerprint density at radius 3 is 2.59 bits per heavy atom. The zero-order valence-electron chi connectivity index (χ0n) is 14.7. The summed E-state index contributed by atoms with van der Waals surface area (Å²) in [4.78, 5) is 23.4. The van der Waals surface area contributed by atoms with Crippen LogP contribution in [0, 0.1) is 5.82 Å². The number of benzene rings is 1. The Labute approximate surface area is 159 Å². The van der Waals surface area contributed by atoms with E-state index in [-0.39, 0.29) is 22.0 Å². The summed E-state index contributed by atoms with van der Waals surface area (Å²) < 4.78 is 20.1. The molecule has 3 aromatic rings. The van der Waals surface area contributed by atoms with Crippen LogP contribution in [0.5, 0.6) is 11.5 Å². The molecule has 0 radical (unpaired) electrons. The van der Waals surface area contributed by atoms with E-state index in [9.17, 15) is 9.18 Å². The third-order valence-electron chi connectivity index (χ3n) is 3.71. The number of amides is 1. The Morgan fingerprint density at radius 2 is 1.96 bits per heavy atom. The van der Waals surface area contributed by atoms with Gasteiger partial charge < -0.3 is 9.84 Å². The second-order valence-electron chi connectivity index (χ2n) is 6.79. The number of carbonyl (C=O) groups is 1. The van der Waals surface area contributed by atoms with E-state index in [4.69, 9.17) is 21.4 Å². The number of carboxylic acid groups (broad SMARTS) is 1. The molecule has 2 heterocycles. The van der Waals surface area contributed by atoms with E-state index >= 15 is 0 Å². The Balaban J connectivity index is 2.11. The number of hydrogen-bond acceptors (Lipinski definition) is 5. The van der Waals surface area contributed by atoms with Crippen molar-refractivity contribution in [1.29, 1.82) is 0 Å². The minimum Gasteiger partial charge on any atom is -0.465 e. The van der Waals surface area contributed by atoms with Crippen LogP contribution in [0.3, 0.4) is 0 Å². The van der Waals surface area contributed by atoms with Crippen molar-refractivity contribution in [3.63, 3.8) is 0 Å². The van der Waals surface area contributed by atoms with Crippen molar-refractivity contribution in [3.05, 3.63) is 47.1 Å². The molecule has 0 aliphatic heterocycles. The van der Waals surface area contributed by atoms with E-state index in [1.165, 1.54) is 18.3 Å². The van der Waals surface area contributed by atoms with E-state index in [2.05, 4.69) is 15.0 Å². The molecule has 3 rings (SSSR count). The van der Waals surface area contributed by atoms with Crippen LogP contribution in [0.2, 0.25) is 5.15 Å². The second kappa shape index (κ2) is 6.96. The predicted molar refractivity (Wildman–Crippen MR) is 99.2 cm³/mol. The number of pyridine rings is 1. The van der Waals surface area contributed by atoms with Crippen LogP contribution >= 0.6 is 11.6 Å². The summed E-state index contributed by atoms with van der Waals surface area (Å²) in [6.45, 7) is 5.92. The third-order valence-corrected chi connectivity index (χ3v) is 3.89. The van der Waals surface area contributed by atoms with Gasteiger partial charge in [-0.3, -0.25) is 5.32 Å². The van der Waals surface area contributed by atoms with E-state index < -0.39 is 11.9 Å². The first-order chi connectivity index (χ1) is 12.6. The maximum Gasteiger partial charge on any atom is 0.409 e. The normalized spacial score (nSPS) is 11.4. The fourth-order valence-corrected chi connectivity index (χ4v) is 2.58. The smallest absolute Gasteiger partial charge is 0.409 e. The summed E-state index contributed by atoms with van der Waals surface area (Å²) in [6.07, 6.45) is 1.66. The zero-order chi connectivity index (χ0) is 19.8. The highest BCUT2D eigenvalue weighted by Crippen LogP contribution is 2.38. The first-order valence-electron chi connectivity index (χ1n) is 7.94. The lowest BCUT2D eigenvalue weighted by Crippen LogP contribution is -2.14. The van der Waals surface area contributed by atoms with Gasteiger partial charge in [0.15, 0.2) is 22.7 Å². The van der Waals surface area contributed by atoms with Crippen molar-refractivity contribution < 1.29 is 19.0 Å². The minimum absolute atomic E-state index is 0.170. The standard InChI is InChI=1S/C18H16ClFN4O3/c1-18(2,3)10-7-21-16-14(24-13(19)8-22-16)15(10)27-9-4-5-12(11(20)6-9)23-17(25)26/h4-8,23H,1-3H3,(H,25,26). The fourth-order valence-electron chi connectivity index (χ4n) is 2.45. The average molecular weight is 391 g/mol. The van der Waals surface area contributed by atoms with Gasteiger partial charge in [-0.1, -0.05) is 32.4 Å². The van der Waals surface area contributed by atoms with Crippen LogP contribution in [-0.2, 0) is 5.41 Å². The molecule has 2 N–H and O–H groups in total. The van der Waals surface area contributed by atoms with Crippen molar-refractivity contribution in [2.75, 3.05) is 5.32 Å². The Kier molecular flexibility index (Phi) is 4.84. The lowest BCUT2D eigenvalue weighted by Gasteiger charge is -2.23. The van der Waals surface area contributed by atoms with Crippen molar-refractivity contribution >= 4 is 34.5 Å². The molecule has 0 saturated heterocycles. The monoisotopic (exact) mass is 390 g/mol. The SMILES string of the molecule is CC(C)(C)c1cnc2ncc(Cl)nc2c1Oc1ccc(NC(=O)O)c(F)c1. The summed E-state index contributed by atoms with van der Waals surface area (Å²) in [6, 6.07) is 3.81. The number of anilines is 1. The summed E-state index contributed by atoms with van der Waals surface area (Å²) in [5.41, 5.74) is 0.910. The van der Waals surface area contributed by atoms with Gasteiger partial charge in [-0.2, -0.15) is 0 Å². The number of halogens is 2. The lowest BCUT2D eigenvalue weighted by atomic mass is 9.87. The lowest BCUT2D eigenvalue weighted by molar-refractivity contribution is 0.209. The highest BCUT2D eigenvalue weighted by atomic mass is 35.5. The molecule has 0 saturated carbocycles. The van der Waals surface area contributed by atoms with Crippen LogP contribution in [0.15, 0.2) is 30.6 Å². The molecule has 9 heteroatoms. The maximum atomic E-state index is 14.2. The van der Waals surface area contributed by atoms with E-state index in [0.29, 0.717) is 16.9 Å². The molecule has 1 aromatic carbocycles. The number of nitrogens with one attached hydrogen (secondary N) is 1. The molecule has 140 valence electrons. The number of hydrogen-bond donors (Lipinski definition) is 2. The molecule has 0 fully saturated rings. The quantitative estimate of drug-likeness (QED) is 0.653. The van der Waals surface area contributed by atoms with E-state index in [1.807, 2.05) is 26.1 Å². The third kappa shape index (κ3) is 4.06. The van der Waals surface area contributed by atoms with Crippen LogP contribution in [0.25, 0.3) is 11.2 Å². The van der Waals surface area contributed by atoms with Gasteiger partial charge in [-0.25, -0.2) is 24.1 Å². The Bertz CT molecular complexity index is 1040. The zero-order valence-corrected chi connectivity index (χ0v) is 15.5. The van der Waals surface area contributed by atoms with Gasteiger partial charge in [-0.15, -0.1) is 0 Å². The van der Waals surface area contributed by atoms with Gasteiger partial charge in [0.1, 0.15) is 10.9 Å². The molecule has 0 bridgehead atoms. The van der Waals surface area contributed by atoms with Gasteiger partial charge in [-0.05, 0) is 17.5 Å².